The van der Waals surface area contributed by atoms with E-state index < -0.39 is 5.91 Å². The Bertz CT molecular complexity index is 258. The van der Waals surface area contributed by atoms with Gasteiger partial charge in [-0.05, 0) is 6.07 Å². The van der Waals surface area contributed by atoms with Crippen LogP contribution in [-0.2, 0) is 7.05 Å². The average Bonchev–Trinajstić information content (AvgIpc) is 1.88. The van der Waals surface area contributed by atoms with E-state index in [1.54, 1.807) is 29.9 Å². The van der Waals surface area contributed by atoms with Crippen molar-refractivity contribution >= 4 is 5.91 Å². The summed E-state index contributed by atoms with van der Waals surface area (Å²) in [6.45, 7) is 0. The minimum atomic E-state index is -0.400. The number of hydrogen-bond acceptors (Lipinski definition) is 1. The lowest BCUT2D eigenvalue weighted by molar-refractivity contribution is -0.673. The van der Waals surface area contributed by atoms with E-state index in [2.05, 4.69) is 0 Å². The van der Waals surface area contributed by atoms with E-state index in [9.17, 15) is 4.79 Å². The van der Waals surface area contributed by atoms with E-state index in [0.717, 1.165) is 0 Å². The summed E-state index contributed by atoms with van der Waals surface area (Å²) in [5.41, 5.74) is 5.57. The summed E-state index contributed by atoms with van der Waals surface area (Å²) >= 11 is 0. The van der Waals surface area contributed by atoms with E-state index in [1.807, 2.05) is 6.07 Å². The summed E-state index contributed by atoms with van der Waals surface area (Å²) in [6.07, 6.45) is 1.78. The van der Waals surface area contributed by atoms with E-state index in [-0.39, 0.29) is 0 Å². The van der Waals surface area contributed by atoms with Gasteiger partial charge < -0.3 is 5.73 Å². The van der Waals surface area contributed by atoms with Crippen LogP contribution in [0.5, 0.6) is 0 Å². The number of aromatic nitrogens is 1. The van der Waals surface area contributed by atoms with Crippen molar-refractivity contribution in [3.63, 3.8) is 0 Å². The fraction of sp³-hybridized carbons (Fsp3) is 0.143. The first-order valence-corrected chi connectivity index (χ1v) is 2.96. The first-order valence-electron chi connectivity index (χ1n) is 2.96. The molecule has 0 bridgehead atoms. The van der Waals surface area contributed by atoms with Gasteiger partial charge in [0.1, 0.15) is 7.05 Å². The molecule has 1 aromatic heterocycles. The Hall–Kier alpha value is -1.38. The standard InChI is InChI=1S/C7H8N2O/c1-9-5-3-2-4-6(9)7(8)10/h2-5H,1H3,(H-,8,10)/p+1. The fourth-order valence-corrected chi connectivity index (χ4v) is 0.779. The third kappa shape index (κ3) is 1.13. The van der Waals surface area contributed by atoms with Gasteiger partial charge >= 0.3 is 5.91 Å². The number of aryl methyl sites for hydroxylation is 1. The van der Waals surface area contributed by atoms with Crippen LogP contribution in [0, 0.1) is 0 Å². The molecule has 1 aromatic rings. The molecule has 0 atom stereocenters. The number of hydrogen-bond donors (Lipinski definition) is 1. The molecule has 52 valence electrons. The van der Waals surface area contributed by atoms with Crippen molar-refractivity contribution in [1.29, 1.82) is 0 Å². The van der Waals surface area contributed by atoms with Gasteiger partial charge in [-0.3, -0.25) is 4.79 Å². The molecule has 0 saturated heterocycles. The molecular formula is C7H9N2O+. The van der Waals surface area contributed by atoms with Gasteiger partial charge in [0.15, 0.2) is 6.20 Å². The molecule has 3 nitrogen and oxygen atoms in total. The van der Waals surface area contributed by atoms with Gasteiger partial charge in [-0.1, -0.05) is 0 Å². The van der Waals surface area contributed by atoms with Crippen molar-refractivity contribution in [2.75, 3.05) is 0 Å². The number of amides is 1. The summed E-state index contributed by atoms with van der Waals surface area (Å²) in [4.78, 5) is 10.6. The molecule has 0 radical (unpaired) electrons. The average molecular weight is 137 g/mol. The molecule has 3 heteroatoms. The van der Waals surface area contributed by atoms with Crippen molar-refractivity contribution < 1.29 is 9.36 Å². The lowest BCUT2D eigenvalue weighted by Crippen LogP contribution is -2.37. The normalized spacial score (nSPS) is 9.30. The zero-order chi connectivity index (χ0) is 7.56. The van der Waals surface area contributed by atoms with Crippen LogP contribution in [0.1, 0.15) is 10.5 Å². The predicted molar refractivity (Wildman–Crippen MR) is 36.1 cm³/mol. The van der Waals surface area contributed by atoms with Crippen LogP contribution in [0.2, 0.25) is 0 Å². The molecule has 0 aliphatic rings. The maximum atomic E-state index is 10.6. The van der Waals surface area contributed by atoms with Crippen LogP contribution in [0.3, 0.4) is 0 Å². The minimum absolute atomic E-state index is 0.400. The molecule has 1 heterocycles. The maximum Gasteiger partial charge on any atom is 0.313 e. The lowest BCUT2D eigenvalue weighted by atomic mass is 10.3. The smallest absolute Gasteiger partial charge is 0.313 e. The van der Waals surface area contributed by atoms with Gasteiger partial charge in [0.25, 0.3) is 5.69 Å². The first kappa shape index (κ1) is 6.74. The Morgan fingerprint density at radius 1 is 1.60 bits per heavy atom. The Kier molecular flexibility index (Phi) is 1.67. The monoisotopic (exact) mass is 137 g/mol. The molecule has 0 aromatic carbocycles. The van der Waals surface area contributed by atoms with E-state index in [4.69, 9.17) is 5.73 Å². The summed E-state index contributed by atoms with van der Waals surface area (Å²) in [7, 11) is 1.78. The number of primary amides is 1. The van der Waals surface area contributed by atoms with Crippen molar-refractivity contribution in [2.24, 2.45) is 12.8 Å². The lowest BCUT2D eigenvalue weighted by Gasteiger charge is -1.91. The maximum absolute atomic E-state index is 10.6. The number of nitrogens with two attached hydrogens (primary N) is 1. The SMILES string of the molecule is C[n+]1ccccc1C(N)=O. The first-order chi connectivity index (χ1) is 4.72. The Morgan fingerprint density at radius 3 is 2.70 bits per heavy atom. The van der Waals surface area contributed by atoms with E-state index in [1.165, 1.54) is 0 Å². The molecule has 0 fully saturated rings. The number of pyridine rings is 1. The highest BCUT2D eigenvalue weighted by Gasteiger charge is 2.09. The fourth-order valence-electron chi connectivity index (χ4n) is 0.779. The topological polar surface area (TPSA) is 47.0 Å². The highest BCUT2D eigenvalue weighted by Crippen LogP contribution is 1.86. The van der Waals surface area contributed by atoms with Crippen LogP contribution >= 0.6 is 0 Å². The molecule has 0 spiro atoms. The molecule has 0 aliphatic carbocycles. The van der Waals surface area contributed by atoms with Crippen molar-refractivity contribution in [2.45, 2.75) is 0 Å². The number of nitrogens with zero attached hydrogens (tertiary/aromatic N) is 1. The van der Waals surface area contributed by atoms with Crippen LogP contribution in [0.15, 0.2) is 24.4 Å². The summed E-state index contributed by atoms with van der Waals surface area (Å²) in [5, 5.41) is 0. The third-order valence-corrected chi connectivity index (χ3v) is 1.31. The largest absolute Gasteiger partial charge is 0.360 e. The van der Waals surface area contributed by atoms with Gasteiger partial charge in [0.2, 0.25) is 0 Å². The third-order valence-electron chi connectivity index (χ3n) is 1.31. The van der Waals surface area contributed by atoms with Gasteiger partial charge in [-0.15, -0.1) is 0 Å². The number of carbonyl (C=O) groups excluding carboxylic acids is 1. The van der Waals surface area contributed by atoms with Crippen LogP contribution in [0.4, 0.5) is 0 Å². The second-order valence-corrected chi connectivity index (χ2v) is 2.06. The predicted octanol–water partition coefficient (Wildman–Crippen LogP) is -0.390. The second kappa shape index (κ2) is 2.47. The second-order valence-electron chi connectivity index (χ2n) is 2.06. The summed E-state index contributed by atoms with van der Waals surface area (Å²) in [5.74, 6) is -0.400. The Morgan fingerprint density at radius 2 is 2.30 bits per heavy atom. The molecule has 2 N–H and O–H groups in total. The zero-order valence-corrected chi connectivity index (χ0v) is 5.74. The van der Waals surface area contributed by atoms with Crippen molar-refractivity contribution in [1.82, 2.24) is 0 Å². The zero-order valence-electron chi connectivity index (χ0n) is 5.74. The van der Waals surface area contributed by atoms with Gasteiger partial charge in [0.05, 0.1) is 0 Å². The molecule has 0 aliphatic heterocycles. The summed E-state index contributed by atoms with van der Waals surface area (Å²) in [6, 6.07) is 5.30. The van der Waals surface area contributed by atoms with Crippen molar-refractivity contribution in [3.05, 3.63) is 30.1 Å². The van der Waals surface area contributed by atoms with Crippen molar-refractivity contribution in [3.8, 4) is 0 Å². The molecule has 0 saturated carbocycles. The molecule has 10 heavy (non-hydrogen) atoms. The Labute approximate surface area is 59.1 Å². The quantitative estimate of drug-likeness (QED) is 0.526. The molecular weight excluding hydrogens is 128 g/mol. The van der Waals surface area contributed by atoms with Gasteiger partial charge in [-0.25, -0.2) is 0 Å². The van der Waals surface area contributed by atoms with Crippen LogP contribution < -0.4 is 10.3 Å². The van der Waals surface area contributed by atoms with E-state index >= 15 is 0 Å². The Balaban J connectivity index is 3.15. The summed E-state index contributed by atoms with van der Waals surface area (Å²) < 4.78 is 1.68. The van der Waals surface area contributed by atoms with Crippen LogP contribution in [-0.4, -0.2) is 5.91 Å². The molecule has 1 amide bonds. The minimum Gasteiger partial charge on any atom is -0.360 e. The number of rotatable bonds is 1. The highest BCUT2D eigenvalue weighted by atomic mass is 16.1. The van der Waals surface area contributed by atoms with Gasteiger partial charge in [0, 0.05) is 12.1 Å². The molecule has 1 rings (SSSR count). The van der Waals surface area contributed by atoms with E-state index in [0.29, 0.717) is 5.69 Å². The highest BCUT2D eigenvalue weighted by molar-refractivity contribution is 5.89. The van der Waals surface area contributed by atoms with Gasteiger partial charge in [-0.2, -0.15) is 4.57 Å². The van der Waals surface area contributed by atoms with Crippen LogP contribution in [0.25, 0.3) is 0 Å². The number of carbonyl (C=O) groups is 1. The molecule has 0 unspecified atom stereocenters.